The smallest absolute Gasteiger partial charge is 0.225 e. The summed E-state index contributed by atoms with van der Waals surface area (Å²) in [6, 6.07) is 8.00. The molecule has 0 aromatic heterocycles. The highest BCUT2D eigenvalue weighted by Gasteiger charge is 2.22. The summed E-state index contributed by atoms with van der Waals surface area (Å²) in [7, 11) is 0. The van der Waals surface area contributed by atoms with Gasteiger partial charge in [-0.25, -0.2) is 0 Å². The van der Waals surface area contributed by atoms with Crippen molar-refractivity contribution in [3.63, 3.8) is 0 Å². The molecule has 23 heavy (non-hydrogen) atoms. The minimum atomic E-state index is -0.749. The Kier molecular flexibility index (Phi) is 6.24. The van der Waals surface area contributed by atoms with E-state index in [9.17, 15) is 9.90 Å². The maximum absolute atomic E-state index is 12.0. The van der Waals surface area contributed by atoms with E-state index in [0.717, 1.165) is 37.6 Å². The van der Waals surface area contributed by atoms with Gasteiger partial charge in [0.1, 0.15) is 0 Å². The van der Waals surface area contributed by atoms with Gasteiger partial charge in [0.2, 0.25) is 5.91 Å². The van der Waals surface area contributed by atoms with Crippen LogP contribution >= 0.6 is 0 Å². The summed E-state index contributed by atoms with van der Waals surface area (Å²) in [5.74, 6) is 0.285. The normalized spacial score (nSPS) is 16.6. The zero-order valence-electron chi connectivity index (χ0n) is 13.9. The molecule has 128 valence electrons. The van der Waals surface area contributed by atoms with Crippen molar-refractivity contribution >= 4 is 17.3 Å². The average molecular weight is 321 g/mol. The van der Waals surface area contributed by atoms with Gasteiger partial charge in [-0.05, 0) is 24.3 Å². The van der Waals surface area contributed by atoms with Gasteiger partial charge in [0.25, 0.3) is 0 Å². The fraction of sp³-hybridized carbons (Fsp3) is 0.588. The molecule has 6 nitrogen and oxygen atoms in total. The third kappa shape index (κ3) is 4.84. The van der Waals surface area contributed by atoms with Gasteiger partial charge in [-0.15, -0.1) is 0 Å². The highest BCUT2D eigenvalue weighted by Crippen LogP contribution is 2.20. The van der Waals surface area contributed by atoms with Crippen LogP contribution in [-0.2, 0) is 4.79 Å². The highest BCUT2D eigenvalue weighted by molar-refractivity contribution is 5.78. The molecule has 1 atom stereocenters. The van der Waals surface area contributed by atoms with Gasteiger partial charge in [0, 0.05) is 50.0 Å². The van der Waals surface area contributed by atoms with E-state index in [1.165, 1.54) is 0 Å². The topological polar surface area (TPSA) is 76.0 Å². The number of hydrogen-bond acceptors (Lipinski definition) is 5. The lowest BCUT2D eigenvalue weighted by Gasteiger charge is -2.37. The van der Waals surface area contributed by atoms with Crippen LogP contribution in [0.1, 0.15) is 13.8 Å². The van der Waals surface area contributed by atoms with Gasteiger partial charge in [-0.2, -0.15) is 0 Å². The van der Waals surface area contributed by atoms with Crippen molar-refractivity contribution in [2.45, 2.75) is 20.0 Å². The lowest BCUT2D eigenvalue weighted by Crippen LogP contribution is -2.49. The van der Waals surface area contributed by atoms with Crippen LogP contribution in [0.3, 0.4) is 0 Å². The molecule has 0 spiro atoms. The Morgan fingerprint density at radius 2 is 1.78 bits per heavy atom. The van der Waals surface area contributed by atoms with E-state index in [4.69, 9.17) is 5.11 Å². The molecule has 1 aromatic carbocycles. The molecule has 1 fully saturated rings. The van der Waals surface area contributed by atoms with Crippen LogP contribution in [-0.4, -0.2) is 66.5 Å². The van der Waals surface area contributed by atoms with Crippen LogP contribution in [0.4, 0.5) is 11.4 Å². The predicted octanol–water partition coefficient (Wildman–Crippen LogP) is 0.756. The maximum Gasteiger partial charge on any atom is 0.225 e. The lowest BCUT2D eigenvalue weighted by molar-refractivity contribution is -0.134. The molecule has 2 rings (SSSR count). The van der Waals surface area contributed by atoms with Crippen LogP contribution in [0.15, 0.2) is 24.3 Å². The van der Waals surface area contributed by atoms with Crippen molar-refractivity contribution in [3.05, 3.63) is 24.3 Å². The summed E-state index contributed by atoms with van der Waals surface area (Å²) in [5.41, 5.74) is 2.05. The third-order valence-electron chi connectivity index (χ3n) is 4.07. The predicted molar refractivity (Wildman–Crippen MR) is 91.7 cm³/mol. The van der Waals surface area contributed by atoms with Gasteiger partial charge in [0.15, 0.2) is 0 Å². The van der Waals surface area contributed by atoms with E-state index >= 15 is 0 Å². The molecule has 1 amide bonds. The van der Waals surface area contributed by atoms with E-state index in [0.29, 0.717) is 6.54 Å². The number of amides is 1. The minimum Gasteiger partial charge on any atom is -0.394 e. The van der Waals surface area contributed by atoms with Crippen molar-refractivity contribution in [1.82, 2.24) is 4.90 Å². The zero-order chi connectivity index (χ0) is 16.8. The van der Waals surface area contributed by atoms with E-state index in [1.807, 2.05) is 43.0 Å². The zero-order valence-corrected chi connectivity index (χ0v) is 13.9. The Hall–Kier alpha value is -1.79. The number of rotatable bonds is 6. The molecule has 1 unspecified atom stereocenters. The van der Waals surface area contributed by atoms with E-state index in [1.54, 1.807) is 0 Å². The molecule has 0 radical (unpaired) electrons. The SMILES string of the molecule is CC(C)C(=O)N1CCN(c2ccc(NCC(O)CO)cc2)CC1. The minimum absolute atomic E-state index is 0.0566. The second-order valence-electron chi connectivity index (χ2n) is 6.23. The average Bonchev–Trinajstić information content (AvgIpc) is 2.59. The standard InChI is InChI=1S/C17H27N3O3/c1-13(2)17(23)20-9-7-19(8-10-20)15-5-3-14(4-6-15)18-11-16(22)12-21/h3-6,13,16,18,21-22H,7-12H2,1-2H3. The second-order valence-corrected chi connectivity index (χ2v) is 6.23. The largest absolute Gasteiger partial charge is 0.394 e. The van der Waals surface area contributed by atoms with Crippen LogP contribution in [0.25, 0.3) is 0 Å². The molecule has 1 heterocycles. The Balaban J connectivity index is 1.85. The van der Waals surface area contributed by atoms with Crippen LogP contribution in [0.2, 0.25) is 0 Å². The van der Waals surface area contributed by atoms with Gasteiger partial charge in [-0.1, -0.05) is 13.8 Å². The van der Waals surface area contributed by atoms with Crippen molar-refractivity contribution in [2.75, 3.05) is 49.5 Å². The number of hydrogen-bond donors (Lipinski definition) is 3. The fourth-order valence-corrected chi connectivity index (χ4v) is 2.64. The number of benzene rings is 1. The first-order chi connectivity index (χ1) is 11.0. The summed E-state index contributed by atoms with van der Waals surface area (Å²) in [6.07, 6.45) is -0.749. The molecule has 0 aliphatic carbocycles. The fourth-order valence-electron chi connectivity index (χ4n) is 2.64. The van der Waals surface area contributed by atoms with Gasteiger partial charge in [0.05, 0.1) is 12.7 Å². The molecular weight excluding hydrogens is 294 g/mol. The number of nitrogens with zero attached hydrogens (tertiary/aromatic N) is 2. The number of carbonyl (C=O) groups is 1. The maximum atomic E-state index is 12.0. The summed E-state index contributed by atoms with van der Waals surface area (Å²) in [6.45, 7) is 7.17. The molecule has 1 aliphatic rings. The molecular formula is C17H27N3O3. The van der Waals surface area contributed by atoms with Crippen LogP contribution < -0.4 is 10.2 Å². The van der Waals surface area contributed by atoms with Crippen molar-refractivity contribution < 1.29 is 15.0 Å². The highest BCUT2D eigenvalue weighted by atomic mass is 16.3. The number of aliphatic hydroxyl groups is 2. The first kappa shape index (κ1) is 17.6. The quantitative estimate of drug-likeness (QED) is 0.721. The van der Waals surface area contributed by atoms with Crippen molar-refractivity contribution in [3.8, 4) is 0 Å². The number of aliphatic hydroxyl groups excluding tert-OH is 2. The lowest BCUT2D eigenvalue weighted by atomic mass is 10.1. The van der Waals surface area contributed by atoms with E-state index < -0.39 is 6.10 Å². The van der Waals surface area contributed by atoms with Crippen LogP contribution in [0, 0.1) is 5.92 Å². The van der Waals surface area contributed by atoms with E-state index in [-0.39, 0.29) is 18.4 Å². The summed E-state index contributed by atoms with van der Waals surface area (Å²) >= 11 is 0. The van der Waals surface area contributed by atoms with Crippen LogP contribution in [0.5, 0.6) is 0 Å². The second kappa shape index (κ2) is 8.17. The Labute approximate surface area is 137 Å². The molecule has 3 N–H and O–H groups in total. The summed E-state index contributed by atoms with van der Waals surface area (Å²) < 4.78 is 0. The van der Waals surface area contributed by atoms with Gasteiger partial charge >= 0.3 is 0 Å². The molecule has 0 saturated carbocycles. The summed E-state index contributed by atoms with van der Waals surface area (Å²) in [4.78, 5) is 16.2. The number of nitrogens with one attached hydrogen (secondary N) is 1. The molecule has 1 saturated heterocycles. The Morgan fingerprint density at radius 1 is 1.17 bits per heavy atom. The van der Waals surface area contributed by atoms with Crippen molar-refractivity contribution in [1.29, 1.82) is 0 Å². The van der Waals surface area contributed by atoms with E-state index in [2.05, 4.69) is 10.2 Å². The first-order valence-electron chi connectivity index (χ1n) is 8.18. The van der Waals surface area contributed by atoms with Gasteiger partial charge in [-0.3, -0.25) is 4.79 Å². The van der Waals surface area contributed by atoms with Gasteiger partial charge < -0.3 is 25.3 Å². The molecule has 0 bridgehead atoms. The Morgan fingerprint density at radius 3 is 2.30 bits per heavy atom. The number of carbonyl (C=O) groups excluding carboxylic acids is 1. The molecule has 1 aromatic rings. The monoisotopic (exact) mass is 321 g/mol. The number of anilines is 2. The van der Waals surface area contributed by atoms with Crippen molar-refractivity contribution in [2.24, 2.45) is 5.92 Å². The Bertz CT molecular complexity index is 496. The molecule has 6 heteroatoms. The number of piperazine rings is 1. The third-order valence-corrected chi connectivity index (χ3v) is 4.07. The molecule has 1 aliphatic heterocycles. The summed E-state index contributed by atoms with van der Waals surface area (Å²) in [5, 5.41) is 21.2. The first-order valence-corrected chi connectivity index (χ1v) is 8.18.